The van der Waals surface area contributed by atoms with E-state index in [-0.39, 0.29) is 5.91 Å². The first-order valence-electron chi connectivity index (χ1n) is 6.86. The van der Waals surface area contributed by atoms with Crippen LogP contribution in [0.1, 0.15) is 16.1 Å². The molecule has 3 aromatic rings. The van der Waals surface area contributed by atoms with Gasteiger partial charge in [0.25, 0.3) is 5.91 Å². The molecular weight excluding hydrogens is 276 g/mol. The molecule has 0 bridgehead atoms. The van der Waals surface area contributed by atoms with Gasteiger partial charge in [-0.2, -0.15) is 0 Å². The van der Waals surface area contributed by atoms with Crippen LogP contribution < -0.4 is 5.32 Å². The van der Waals surface area contributed by atoms with Gasteiger partial charge in [-0.15, -0.1) is 0 Å². The lowest BCUT2D eigenvalue weighted by atomic mass is 10.0. The van der Waals surface area contributed by atoms with E-state index in [0.29, 0.717) is 12.2 Å². The van der Waals surface area contributed by atoms with Crippen LogP contribution in [0.25, 0.3) is 11.1 Å². The fraction of sp³-hybridized carbons (Fsp3) is 0.0588. The zero-order chi connectivity index (χ0) is 15.2. The maximum absolute atomic E-state index is 12.0. The van der Waals surface area contributed by atoms with Crippen LogP contribution in [0, 0.1) is 0 Å². The average molecular weight is 290 g/mol. The first-order chi connectivity index (χ1) is 10.8. The maximum atomic E-state index is 12.0. The molecule has 1 amide bonds. The Kier molecular flexibility index (Phi) is 4.15. The van der Waals surface area contributed by atoms with Gasteiger partial charge in [0.15, 0.2) is 0 Å². The molecule has 5 nitrogen and oxygen atoms in total. The smallest absolute Gasteiger partial charge is 0.270 e. The van der Waals surface area contributed by atoms with Crippen molar-refractivity contribution >= 4 is 5.91 Å². The lowest BCUT2D eigenvalue weighted by Gasteiger charge is -2.07. The standard InChI is InChI=1S/C17H14N4O/c22-17(16-6-9-19-12-21-16)20-11-13-2-1-3-15(10-13)14-4-7-18-8-5-14/h1-10,12H,11H2,(H,20,22). The molecule has 0 aliphatic carbocycles. The molecule has 22 heavy (non-hydrogen) atoms. The van der Waals surface area contributed by atoms with E-state index in [4.69, 9.17) is 0 Å². The van der Waals surface area contributed by atoms with Crippen LogP contribution >= 0.6 is 0 Å². The number of pyridine rings is 1. The minimum absolute atomic E-state index is 0.211. The SMILES string of the molecule is O=C(NCc1cccc(-c2ccncc2)c1)c1ccncn1. The molecule has 1 aromatic carbocycles. The van der Waals surface area contributed by atoms with Gasteiger partial charge in [-0.3, -0.25) is 9.78 Å². The third-order valence-electron chi connectivity index (χ3n) is 3.21. The van der Waals surface area contributed by atoms with Gasteiger partial charge >= 0.3 is 0 Å². The number of nitrogens with one attached hydrogen (secondary N) is 1. The Morgan fingerprint density at radius 2 is 1.77 bits per heavy atom. The normalized spacial score (nSPS) is 10.2. The summed E-state index contributed by atoms with van der Waals surface area (Å²) in [7, 11) is 0. The minimum Gasteiger partial charge on any atom is -0.347 e. The summed E-state index contributed by atoms with van der Waals surface area (Å²) in [4.78, 5) is 23.7. The predicted molar refractivity (Wildman–Crippen MR) is 82.9 cm³/mol. The Hall–Kier alpha value is -3.08. The van der Waals surface area contributed by atoms with Crippen LogP contribution in [0.15, 0.2) is 67.4 Å². The average Bonchev–Trinajstić information content (AvgIpc) is 2.61. The Morgan fingerprint density at radius 1 is 0.955 bits per heavy atom. The Bertz CT molecular complexity index is 760. The quantitative estimate of drug-likeness (QED) is 0.801. The molecule has 5 heteroatoms. The number of hydrogen-bond acceptors (Lipinski definition) is 4. The fourth-order valence-electron chi connectivity index (χ4n) is 2.10. The van der Waals surface area contributed by atoms with E-state index >= 15 is 0 Å². The van der Waals surface area contributed by atoms with Crippen LogP contribution in [0.4, 0.5) is 0 Å². The molecule has 0 fully saturated rings. The van der Waals surface area contributed by atoms with Crippen molar-refractivity contribution in [2.24, 2.45) is 0 Å². The highest BCUT2D eigenvalue weighted by atomic mass is 16.1. The van der Waals surface area contributed by atoms with E-state index in [1.807, 2.05) is 30.3 Å². The molecule has 0 unspecified atom stereocenters. The van der Waals surface area contributed by atoms with Gasteiger partial charge in [0.2, 0.25) is 0 Å². The predicted octanol–water partition coefficient (Wildman–Crippen LogP) is 2.47. The number of hydrogen-bond donors (Lipinski definition) is 1. The molecule has 3 rings (SSSR count). The second-order valence-corrected chi connectivity index (χ2v) is 4.71. The third kappa shape index (κ3) is 3.32. The molecule has 0 atom stereocenters. The van der Waals surface area contributed by atoms with Gasteiger partial charge in [-0.05, 0) is 41.0 Å². The second kappa shape index (κ2) is 6.58. The summed E-state index contributed by atoms with van der Waals surface area (Å²) in [6, 6.07) is 13.5. The molecule has 0 radical (unpaired) electrons. The highest BCUT2D eigenvalue weighted by molar-refractivity contribution is 5.92. The van der Waals surface area contributed by atoms with Crippen molar-refractivity contribution in [2.75, 3.05) is 0 Å². The summed E-state index contributed by atoms with van der Waals surface area (Å²) in [6.45, 7) is 0.446. The topological polar surface area (TPSA) is 67.8 Å². The van der Waals surface area contributed by atoms with E-state index in [1.165, 1.54) is 6.33 Å². The monoisotopic (exact) mass is 290 g/mol. The van der Waals surface area contributed by atoms with E-state index in [0.717, 1.165) is 16.7 Å². The fourth-order valence-corrected chi connectivity index (χ4v) is 2.10. The molecule has 0 aliphatic heterocycles. The largest absolute Gasteiger partial charge is 0.347 e. The van der Waals surface area contributed by atoms with E-state index in [9.17, 15) is 4.79 Å². The molecule has 0 spiro atoms. The Labute approximate surface area is 128 Å². The molecule has 0 saturated carbocycles. The molecule has 1 N–H and O–H groups in total. The lowest BCUT2D eigenvalue weighted by Crippen LogP contribution is -2.23. The van der Waals surface area contributed by atoms with Crippen molar-refractivity contribution < 1.29 is 4.79 Å². The van der Waals surface area contributed by atoms with Crippen molar-refractivity contribution in [3.63, 3.8) is 0 Å². The maximum Gasteiger partial charge on any atom is 0.270 e. The molecule has 108 valence electrons. The van der Waals surface area contributed by atoms with Crippen LogP contribution in [-0.2, 0) is 6.54 Å². The molecule has 0 saturated heterocycles. The van der Waals surface area contributed by atoms with Crippen LogP contribution in [0.3, 0.4) is 0 Å². The number of amides is 1. The number of carbonyl (C=O) groups excluding carboxylic acids is 1. The number of benzene rings is 1. The summed E-state index contributed by atoms with van der Waals surface area (Å²) in [6.07, 6.45) is 6.43. The number of nitrogens with zero attached hydrogens (tertiary/aromatic N) is 3. The van der Waals surface area contributed by atoms with Gasteiger partial charge in [-0.25, -0.2) is 9.97 Å². The van der Waals surface area contributed by atoms with Crippen LogP contribution in [0.2, 0.25) is 0 Å². The summed E-state index contributed by atoms with van der Waals surface area (Å²) < 4.78 is 0. The highest BCUT2D eigenvalue weighted by Crippen LogP contribution is 2.19. The summed E-state index contributed by atoms with van der Waals surface area (Å²) in [5.41, 5.74) is 3.58. The number of aromatic nitrogens is 3. The van der Waals surface area contributed by atoms with Crippen molar-refractivity contribution in [3.05, 3.63) is 78.6 Å². The summed E-state index contributed by atoms with van der Waals surface area (Å²) in [5.74, 6) is -0.211. The Balaban J connectivity index is 1.70. The lowest BCUT2D eigenvalue weighted by molar-refractivity contribution is 0.0945. The third-order valence-corrected chi connectivity index (χ3v) is 3.21. The Morgan fingerprint density at radius 3 is 2.55 bits per heavy atom. The first kappa shape index (κ1) is 13.9. The van der Waals surface area contributed by atoms with Gasteiger partial charge in [0.1, 0.15) is 12.0 Å². The van der Waals surface area contributed by atoms with Gasteiger partial charge in [0.05, 0.1) is 0 Å². The number of carbonyl (C=O) groups is 1. The van der Waals surface area contributed by atoms with Crippen molar-refractivity contribution in [1.29, 1.82) is 0 Å². The summed E-state index contributed by atoms with van der Waals surface area (Å²) >= 11 is 0. The minimum atomic E-state index is -0.211. The molecule has 2 aromatic heterocycles. The van der Waals surface area contributed by atoms with E-state index in [1.54, 1.807) is 24.7 Å². The molecule has 2 heterocycles. The molecular formula is C17H14N4O. The summed E-state index contributed by atoms with van der Waals surface area (Å²) in [5, 5.41) is 2.85. The second-order valence-electron chi connectivity index (χ2n) is 4.71. The van der Waals surface area contributed by atoms with Gasteiger partial charge in [0, 0.05) is 25.1 Å². The first-order valence-corrected chi connectivity index (χ1v) is 6.86. The highest BCUT2D eigenvalue weighted by Gasteiger charge is 2.06. The zero-order valence-corrected chi connectivity index (χ0v) is 11.8. The zero-order valence-electron chi connectivity index (χ0n) is 11.8. The van der Waals surface area contributed by atoms with E-state index < -0.39 is 0 Å². The van der Waals surface area contributed by atoms with Crippen molar-refractivity contribution in [3.8, 4) is 11.1 Å². The molecule has 0 aliphatic rings. The van der Waals surface area contributed by atoms with Crippen LogP contribution in [0.5, 0.6) is 0 Å². The van der Waals surface area contributed by atoms with Crippen molar-refractivity contribution in [2.45, 2.75) is 6.54 Å². The van der Waals surface area contributed by atoms with Crippen LogP contribution in [-0.4, -0.2) is 20.9 Å². The van der Waals surface area contributed by atoms with E-state index in [2.05, 4.69) is 26.3 Å². The van der Waals surface area contributed by atoms with Crippen molar-refractivity contribution in [1.82, 2.24) is 20.3 Å². The van der Waals surface area contributed by atoms with Gasteiger partial charge in [-0.1, -0.05) is 18.2 Å². The number of rotatable bonds is 4. The van der Waals surface area contributed by atoms with Gasteiger partial charge < -0.3 is 5.32 Å².